The van der Waals surface area contributed by atoms with Gasteiger partial charge in [0.05, 0.1) is 11.9 Å². The molecule has 2 heterocycles. The molecule has 20 heavy (non-hydrogen) atoms. The van der Waals surface area contributed by atoms with Gasteiger partial charge in [-0.25, -0.2) is 4.98 Å². The van der Waals surface area contributed by atoms with Gasteiger partial charge in [-0.15, -0.1) is 11.3 Å². The van der Waals surface area contributed by atoms with Gasteiger partial charge in [0, 0.05) is 41.8 Å². The van der Waals surface area contributed by atoms with Gasteiger partial charge in [-0.2, -0.15) is 5.26 Å². The molecular weight excluding hydrogens is 268 g/mol. The summed E-state index contributed by atoms with van der Waals surface area (Å²) < 4.78 is 2.10. The second-order valence-corrected chi connectivity index (χ2v) is 6.97. The summed E-state index contributed by atoms with van der Waals surface area (Å²) in [5.41, 5.74) is 0.897. The predicted octanol–water partition coefficient (Wildman–Crippen LogP) is 3.02. The van der Waals surface area contributed by atoms with E-state index in [4.69, 9.17) is 5.26 Å². The van der Waals surface area contributed by atoms with Crippen molar-refractivity contribution in [3.05, 3.63) is 40.6 Å². The average Bonchev–Trinajstić information content (AvgIpc) is 3.04. The van der Waals surface area contributed by atoms with Gasteiger partial charge in [0.2, 0.25) is 0 Å². The van der Waals surface area contributed by atoms with Gasteiger partial charge in [0.15, 0.2) is 0 Å². The van der Waals surface area contributed by atoms with E-state index in [2.05, 4.69) is 41.7 Å². The van der Waals surface area contributed by atoms with Crippen LogP contribution >= 0.6 is 11.3 Å². The molecule has 0 fully saturated rings. The first-order chi connectivity index (χ1) is 9.49. The molecule has 0 saturated carbocycles. The summed E-state index contributed by atoms with van der Waals surface area (Å²) in [6, 6.07) is 4.46. The zero-order chi connectivity index (χ0) is 14.6. The summed E-state index contributed by atoms with van der Waals surface area (Å²) in [5.74, 6) is 0. The van der Waals surface area contributed by atoms with E-state index in [-0.39, 0.29) is 5.41 Å². The standard InChI is InChI=1S/C15H20N4S/c1-15(2,3)14(9-19-5-4-17-11-19)18-8-13-6-12(7-16)10-20-13/h4-6,10-11,14,18H,8-9H2,1-3H3. The van der Waals surface area contributed by atoms with Crippen molar-refractivity contribution in [3.63, 3.8) is 0 Å². The van der Waals surface area contributed by atoms with Gasteiger partial charge in [-0.1, -0.05) is 20.8 Å². The maximum absolute atomic E-state index is 8.85. The molecule has 1 N–H and O–H groups in total. The monoisotopic (exact) mass is 288 g/mol. The van der Waals surface area contributed by atoms with Crippen LogP contribution in [0.1, 0.15) is 31.2 Å². The number of hydrogen-bond donors (Lipinski definition) is 1. The van der Waals surface area contributed by atoms with Crippen LogP contribution in [-0.4, -0.2) is 15.6 Å². The van der Waals surface area contributed by atoms with Crippen molar-refractivity contribution < 1.29 is 0 Å². The summed E-state index contributed by atoms with van der Waals surface area (Å²) in [7, 11) is 0. The number of nitrogens with zero attached hydrogens (tertiary/aromatic N) is 3. The second kappa shape index (κ2) is 6.21. The number of hydrogen-bond acceptors (Lipinski definition) is 4. The molecule has 0 amide bonds. The first-order valence-electron chi connectivity index (χ1n) is 6.65. The quantitative estimate of drug-likeness (QED) is 0.920. The van der Waals surface area contributed by atoms with Crippen molar-refractivity contribution in [2.24, 2.45) is 5.41 Å². The molecule has 0 saturated heterocycles. The normalized spacial score (nSPS) is 13.1. The molecule has 2 aromatic heterocycles. The lowest BCUT2D eigenvalue weighted by atomic mass is 9.86. The minimum absolute atomic E-state index is 0.152. The first-order valence-corrected chi connectivity index (χ1v) is 7.53. The lowest BCUT2D eigenvalue weighted by Crippen LogP contribution is -2.42. The van der Waals surface area contributed by atoms with Gasteiger partial charge in [0.1, 0.15) is 6.07 Å². The number of rotatable bonds is 5. The first kappa shape index (κ1) is 14.8. The van der Waals surface area contributed by atoms with Gasteiger partial charge in [0.25, 0.3) is 0 Å². The molecule has 106 valence electrons. The molecule has 0 radical (unpaired) electrons. The van der Waals surface area contributed by atoms with Crippen molar-refractivity contribution in [1.82, 2.24) is 14.9 Å². The zero-order valence-corrected chi connectivity index (χ0v) is 12.9. The maximum Gasteiger partial charge on any atom is 0.100 e. The number of nitrogens with one attached hydrogen (secondary N) is 1. The summed E-state index contributed by atoms with van der Waals surface area (Å²) in [6.45, 7) is 8.38. The molecule has 0 aliphatic rings. The Hall–Kier alpha value is -1.64. The molecule has 0 spiro atoms. The van der Waals surface area contributed by atoms with Crippen LogP contribution in [0.15, 0.2) is 30.2 Å². The summed E-state index contributed by atoms with van der Waals surface area (Å²) in [6.07, 6.45) is 5.64. The van der Waals surface area contributed by atoms with Crippen LogP contribution in [0.25, 0.3) is 0 Å². The van der Waals surface area contributed by atoms with E-state index in [1.165, 1.54) is 4.88 Å². The van der Waals surface area contributed by atoms with E-state index in [0.717, 1.165) is 18.7 Å². The van der Waals surface area contributed by atoms with Crippen LogP contribution in [0, 0.1) is 16.7 Å². The molecule has 1 unspecified atom stereocenters. The Bertz CT molecular complexity index is 572. The molecule has 0 bridgehead atoms. The number of nitriles is 1. The fourth-order valence-corrected chi connectivity index (χ4v) is 2.77. The fourth-order valence-electron chi connectivity index (χ4n) is 2.01. The van der Waals surface area contributed by atoms with Crippen LogP contribution in [0.5, 0.6) is 0 Å². The Morgan fingerprint density at radius 3 is 2.85 bits per heavy atom. The molecule has 2 aromatic rings. The van der Waals surface area contributed by atoms with E-state index in [1.54, 1.807) is 17.5 Å². The highest BCUT2D eigenvalue weighted by Gasteiger charge is 2.24. The lowest BCUT2D eigenvalue weighted by molar-refractivity contribution is 0.240. The number of thiophene rings is 1. The van der Waals surface area contributed by atoms with Crippen molar-refractivity contribution in [1.29, 1.82) is 5.26 Å². The van der Waals surface area contributed by atoms with Gasteiger partial charge in [-0.3, -0.25) is 0 Å². The molecule has 4 nitrogen and oxygen atoms in total. The highest BCUT2D eigenvalue weighted by Crippen LogP contribution is 2.22. The Balaban J connectivity index is 1.99. The van der Waals surface area contributed by atoms with Crippen LogP contribution in [0.4, 0.5) is 0 Å². The highest BCUT2D eigenvalue weighted by molar-refractivity contribution is 7.10. The lowest BCUT2D eigenvalue weighted by Gasteiger charge is -2.32. The van der Waals surface area contributed by atoms with E-state index in [9.17, 15) is 0 Å². The third-order valence-corrected chi connectivity index (χ3v) is 4.24. The molecule has 0 aliphatic heterocycles. The molecule has 0 aliphatic carbocycles. The second-order valence-electron chi connectivity index (χ2n) is 5.97. The van der Waals surface area contributed by atoms with Crippen LogP contribution in [-0.2, 0) is 13.1 Å². The van der Waals surface area contributed by atoms with Gasteiger partial charge < -0.3 is 9.88 Å². The van der Waals surface area contributed by atoms with E-state index >= 15 is 0 Å². The Labute approximate surface area is 124 Å². The van der Waals surface area contributed by atoms with Crippen molar-refractivity contribution in [2.45, 2.75) is 39.9 Å². The SMILES string of the molecule is CC(C)(C)C(Cn1ccnc1)NCc1cc(C#N)cs1. The largest absolute Gasteiger partial charge is 0.336 e. The summed E-state index contributed by atoms with van der Waals surface area (Å²) in [4.78, 5) is 5.29. The van der Waals surface area contributed by atoms with Crippen molar-refractivity contribution >= 4 is 11.3 Å². The molecular formula is C15H20N4S. The smallest absolute Gasteiger partial charge is 0.100 e. The van der Waals surface area contributed by atoms with E-state index in [0.29, 0.717) is 6.04 Å². The predicted molar refractivity (Wildman–Crippen MR) is 81.3 cm³/mol. The number of imidazole rings is 1. The molecule has 1 atom stereocenters. The third kappa shape index (κ3) is 3.92. The zero-order valence-electron chi connectivity index (χ0n) is 12.1. The van der Waals surface area contributed by atoms with Crippen molar-refractivity contribution in [2.75, 3.05) is 0 Å². The number of aromatic nitrogens is 2. The molecule has 5 heteroatoms. The van der Waals surface area contributed by atoms with Gasteiger partial charge >= 0.3 is 0 Å². The van der Waals surface area contributed by atoms with Crippen LogP contribution < -0.4 is 5.32 Å². The van der Waals surface area contributed by atoms with Crippen molar-refractivity contribution in [3.8, 4) is 6.07 Å². The minimum atomic E-state index is 0.152. The molecule has 2 rings (SSSR count). The van der Waals surface area contributed by atoms with E-state index in [1.807, 2.05) is 24.0 Å². The Morgan fingerprint density at radius 1 is 1.50 bits per heavy atom. The summed E-state index contributed by atoms with van der Waals surface area (Å²) >= 11 is 1.63. The topological polar surface area (TPSA) is 53.6 Å². The van der Waals surface area contributed by atoms with Crippen LogP contribution in [0.2, 0.25) is 0 Å². The molecule has 0 aromatic carbocycles. The van der Waals surface area contributed by atoms with E-state index < -0.39 is 0 Å². The minimum Gasteiger partial charge on any atom is -0.336 e. The average molecular weight is 288 g/mol. The Morgan fingerprint density at radius 2 is 2.30 bits per heavy atom. The van der Waals surface area contributed by atoms with Gasteiger partial charge in [-0.05, 0) is 11.5 Å². The van der Waals surface area contributed by atoms with Crippen LogP contribution in [0.3, 0.4) is 0 Å². The highest BCUT2D eigenvalue weighted by atomic mass is 32.1. The fraction of sp³-hybridized carbons (Fsp3) is 0.467. The Kier molecular flexibility index (Phi) is 4.58. The third-order valence-electron chi connectivity index (χ3n) is 3.30. The maximum atomic E-state index is 8.85. The summed E-state index contributed by atoms with van der Waals surface area (Å²) in [5, 5.41) is 14.4.